The van der Waals surface area contributed by atoms with Gasteiger partial charge in [-0.2, -0.15) is 0 Å². The lowest BCUT2D eigenvalue weighted by atomic mass is 10.3. The molecule has 14 heteroatoms. The molecule has 2 amide bonds. The maximum Gasteiger partial charge on any atom is 0.573 e. The maximum atomic E-state index is 12.2. The predicted molar refractivity (Wildman–Crippen MR) is 114 cm³/mol. The van der Waals surface area contributed by atoms with E-state index in [0.717, 1.165) is 12.1 Å². The number of carboxylic acids is 1. The van der Waals surface area contributed by atoms with Crippen molar-refractivity contribution < 1.29 is 37.3 Å². The van der Waals surface area contributed by atoms with E-state index >= 15 is 0 Å². The van der Waals surface area contributed by atoms with Gasteiger partial charge in [0.1, 0.15) is 22.8 Å². The van der Waals surface area contributed by atoms with Crippen molar-refractivity contribution in [2.75, 3.05) is 10.6 Å². The van der Waals surface area contributed by atoms with E-state index in [9.17, 15) is 22.8 Å². The molecule has 2 aromatic heterocycles. The quantitative estimate of drug-likeness (QED) is 0.359. The molecule has 2 aromatic carbocycles. The largest absolute Gasteiger partial charge is 0.573 e. The molecule has 0 fully saturated rings. The number of nitrogens with one attached hydrogen (secondary N) is 2. The second-order valence-corrected chi connectivity index (χ2v) is 6.72. The van der Waals surface area contributed by atoms with Gasteiger partial charge in [-0.05, 0) is 42.5 Å². The number of benzene rings is 2. The first kappa shape index (κ1) is 23.2. The number of nitrogens with zero attached hydrogens (tertiary/aromatic N) is 4. The van der Waals surface area contributed by atoms with Crippen LogP contribution in [0.25, 0.3) is 11.0 Å². The summed E-state index contributed by atoms with van der Waals surface area (Å²) in [7, 11) is 0. The van der Waals surface area contributed by atoms with Crippen molar-refractivity contribution in [1.29, 1.82) is 0 Å². The van der Waals surface area contributed by atoms with Gasteiger partial charge < -0.3 is 19.9 Å². The van der Waals surface area contributed by atoms with Crippen LogP contribution >= 0.6 is 0 Å². The first-order valence-electron chi connectivity index (χ1n) is 9.60. The Morgan fingerprint density at radius 3 is 2.29 bits per heavy atom. The van der Waals surface area contributed by atoms with Gasteiger partial charge in [-0.1, -0.05) is 0 Å². The van der Waals surface area contributed by atoms with E-state index in [1.54, 1.807) is 12.1 Å². The Hall–Kier alpha value is -5.01. The van der Waals surface area contributed by atoms with E-state index in [-0.39, 0.29) is 23.1 Å². The minimum absolute atomic E-state index is 0.124. The van der Waals surface area contributed by atoms with Crippen molar-refractivity contribution in [3.8, 4) is 17.2 Å². The molecule has 0 aliphatic rings. The van der Waals surface area contributed by atoms with Crippen molar-refractivity contribution in [2.24, 2.45) is 0 Å². The fourth-order valence-corrected chi connectivity index (χ4v) is 2.76. The number of halogens is 3. The van der Waals surface area contributed by atoms with Crippen LogP contribution in [0.3, 0.4) is 0 Å². The van der Waals surface area contributed by atoms with Crippen molar-refractivity contribution in [3.05, 3.63) is 66.5 Å². The lowest BCUT2D eigenvalue weighted by Crippen LogP contribution is -2.21. The van der Waals surface area contributed by atoms with Crippen LogP contribution < -0.4 is 20.1 Å². The summed E-state index contributed by atoms with van der Waals surface area (Å²) in [5.41, 5.74) is 0.734. The SMILES string of the molecule is O=C(Nc1ccc(OC(F)(F)F)cc1)Nc1nnc2cc(Oc3ccnc(C(=O)O)c3)ccc2n1. The Bertz CT molecular complexity index is 1400. The summed E-state index contributed by atoms with van der Waals surface area (Å²) < 4.78 is 46.0. The molecule has 0 unspecified atom stereocenters. The number of aromatic carboxylic acids is 1. The molecule has 0 saturated heterocycles. The predicted octanol–water partition coefficient (Wildman–Crippen LogP) is 4.45. The van der Waals surface area contributed by atoms with Gasteiger partial charge in [-0.3, -0.25) is 5.32 Å². The number of rotatable bonds is 6. The van der Waals surface area contributed by atoms with Gasteiger partial charge in [0.2, 0.25) is 0 Å². The van der Waals surface area contributed by atoms with Crippen molar-refractivity contribution in [3.63, 3.8) is 0 Å². The fourth-order valence-electron chi connectivity index (χ4n) is 2.76. The molecule has 4 rings (SSSR count). The minimum Gasteiger partial charge on any atom is -0.477 e. The summed E-state index contributed by atoms with van der Waals surface area (Å²) in [5.74, 6) is -1.15. The summed E-state index contributed by atoms with van der Waals surface area (Å²) in [6.07, 6.45) is -3.52. The Kier molecular flexibility index (Phi) is 6.26. The third-order valence-corrected chi connectivity index (χ3v) is 4.18. The third-order valence-electron chi connectivity index (χ3n) is 4.18. The molecule has 0 aliphatic heterocycles. The number of alkyl halides is 3. The molecule has 35 heavy (non-hydrogen) atoms. The maximum absolute atomic E-state index is 12.2. The Balaban J connectivity index is 1.40. The van der Waals surface area contributed by atoms with Gasteiger partial charge in [0, 0.05) is 24.0 Å². The van der Waals surface area contributed by atoms with Gasteiger partial charge in [0.05, 0.1) is 5.52 Å². The van der Waals surface area contributed by atoms with Gasteiger partial charge in [0.15, 0.2) is 5.69 Å². The molecule has 0 radical (unpaired) electrons. The highest BCUT2D eigenvalue weighted by Gasteiger charge is 2.31. The smallest absolute Gasteiger partial charge is 0.477 e. The molecule has 0 spiro atoms. The van der Waals surface area contributed by atoms with Crippen LogP contribution in [0.5, 0.6) is 17.2 Å². The number of pyridine rings is 1. The van der Waals surface area contributed by atoms with Crippen LogP contribution in [0.4, 0.5) is 29.6 Å². The Labute approximate surface area is 193 Å². The molecule has 178 valence electrons. The standard InChI is InChI=1S/C21H13F3N6O5/c22-21(23,24)35-12-3-1-11(2-4-12)26-20(33)28-19-27-15-6-5-13(9-16(15)29-30-19)34-14-7-8-25-17(10-14)18(31)32/h1-10H,(H,31,32)(H2,26,27,28,30,33). The summed E-state index contributed by atoms with van der Waals surface area (Å²) in [4.78, 5) is 31.1. The van der Waals surface area contributed by atoms with E-state index in [1.807, 2.05) is 0 Å². The van der Waals surface area contributed by atoms with E-state index in [0.29, 0.717) is 16.8 Å². The van der Waals surface area contributed by atoms with Crippen LogP contribution in [-0.2, 0) is 0 Å². The molecule has 0 aliphatic carbocycles. The highest BCUT2D eigenvalue weighted by Crippen LogP contribution is 2.25. The highest BCUT2D eigenvalue weighted by molar-refractivity contribution is 5.99. The lowest BCUT2D eigenvalue weighted by Gasteiger charge is -2.10. The number of hydrogen-bond donors (Lipinski definition) is 3. The molecule has 11 nitrogen and oxygen atoms in total. The van der Waals surface area contributed by atoms with E-state index < -0.39 is 24.1 Å². The van der Waals surface area contributed by atoms with E-state index in [1.165, 1.54) is 36.5 Å². The molecular formula is C21H13F3N6O5. The van der Waals surface area contributed by atoms with Gasteiger partial charge in [-0.15, -0.1) is 23.4 Å². The normalized spacial score (nSPS) is 11.1. The number of amides is 2. The third kappa shape index (κ3) is 6.28. The zero-order valence-electron chi connectivity index (χ0n) is 17.3. The first-order chi connectivity index (χ1) is 16.6. The number of carbonyl (C=O) groups is 2. The number of hydrogen-bond acceptors (Lipinski definition) is 8. The zero-order valence-corrected chi connectivity index (χ0v) is 17.3. The van der Waals surface area contributed by atoms with Crippen LogP contribution in [-0.4, -0.2) is 43.6 Å². The van der Waals surface area contributed by atoms with Crippen LogP contribution in [0.1, 0.15) is 10.5 Å². The fraction of sp³-hybridized carbons (Fsp3) is 0.0476. The first-order valence-corrected chi connectivity index (χ1v) is 9.60. The van der Waals surface area contributed by atoms with E-state index in [4.69, 9.17) is 9.84 Å². The number of anilines is 2. The van der Waals surface area contributed by atoms with Crippen LogP contribution in [0.2, 0.25) is 0 Å². The lowest BCUT2D eigenvalue weighted by molar-refractivity contribution is -0.274. The number of ether oxygens (including phenoxy) is 2. The summed E-state index contributed by atoms with van der Waals surface area (Å²) >= 11 is 0. The van der Waals surface area contributed by atoms with Crippen molar-refractivity contribution in [1.82, 2.24) is 20.2 Å². The van der Waals surface area contributed by atoms with Crippen molar-refractivity contribution >= 4 is 34.7 Å². The number of carboxylic acid groups (broad SMARTS) is 1. The molecule has 3 N–H and O–H groups in total. The molecule has 2 heterocycles. The highest BCUT2D eigenvalue weighted by atomic mass is 19.4. The summed E-state index contributed by atoms with van der Waals surface area (Å²) in [6, 6.07) is 11.2. The van der Waals surface area contributed by atoms with Gasteiger partial charge >= 0.3 is 18.4 Å². The molecular weight excluding hydrogens is 473 g/mol. The van der Waals surface area contributed by atoms with Gasteiger partial charge in [-0.25, -0.2) is 19.6 Å². The average molecular weight is 486 g/mol. The number of aromatic nitrogens is 4. The number of urea groups is 1. The van der Waals surface area contributed by atoms with Crippen molar-refractivity contribution in [2.45, 2.75) is 6.36 Å². The molecule has 4 aromatic rings. The minimum atomic E-state index is -4.82. The Morgan fingerprint density at radius 1 is 0.857 bits per heavy atom. The molecule has 0 saturated carbocycles. The Morgan fingerprint density at radius 2 is 1.57 bits per heavy atom. The average Bonchev–Trinajstić information content (AvgIpc) is 2.79. The van der Waals surface area contributed by atoms with Crippen LogP contribution in [0.15, 0.2) is 60.8 Å². The molecule has 0 bridgehead atoms. The number of fused-ring (bicyclic) bond motifs is 1. The van der Waals surface area contributed by atoms with Gasteiger partial charge in [0.25, 0.3) is 5.95 Å². The molecule has 0 atom stereocenters. The second kappa shape index (κ2) is 9.46. The van der Waals surface area contributed by atoms with Crippen LogP contribution in [0, 0.1) is 0 Å². The number of carbonyl (C=O) groups excluding carboxylic acids is 1. The monoisotopic (exact) mass is 486 g/mol. The second-order valence-electron chi connectivity index (χ2n) is 6.72. The topological polar surface area (TPSA) is 148 Å². The summed E-state index contributed by atoms with van der Waals surface area (Å²) in [6.45, 7) is 0. The summed E-state index contributed by atoms with van der Waals surface area (Å²) in [5, 5.41) is 21.6. The van der Waals surface area contributed by atoms with E-state index in [2.05, 4.69) is 35.5 Å². The zero-order chi connectivity index (χ0) is 25.0.